The number of benzene rings is 1. The standard InChI is InChI=1S/C23H29ClN2O4/c1-7-13-26(22(28)17-11-9-10-12-18(17)24)16(5)21(27)19-14(3)20(23(29)30-8-2)25(6)15(19)4/h9-12,16H,7-8,13H2,1-6H3. The first-order valence-electron chi connectivity index (χ1n) is 10.1. The molecule has 1 unspecified atom stereocenters. The Kier molecular flexibility index (Phi) is 7.84. The van der Waals surface area contributed by atoms with Gasteiger partial charge in [-0.15, -0.1) is 0 Å². The molecule has 0 radical (unpaired) electrons. The molecular weight excluding hydrogens is 404 g/mol. The molecule has 0 aliphatic heterocycles. The summed E-state index contributed by atoms with van der Waals surface area (Å²) >= 11 is 6.22. The molecule has 2 rings (SSSR count). The first-order chi connectivity index (χ1) is 14.2. The molecular formula is C23H29ClN2O4. The van der Waals surface area contributed by atoms with Gasteiger partial charge in [-0.3, -0.25) is 9.59 Å². The average molecular weight is 433 g/mol. The van der Waals surface area contributed by atoms with Crippen molar-refractivity contribution in [3.8, 4) is 0 Å². The molecule has 2 aromatic rings. The van der Waals surface area contributed by atoms with Crippen LogP contribution in [0.1, 0.15) is 69.7 Å². The van der Waals surface area contributed by atoms with Gasteiger partial charge in [-0.05, 0) is 51.8 Å². The fourth-order valence-electron chi connectivity index (χ4n) is 3.68. The molecule has 0 saturated heterocycles. The molecule has 0 saturated carbocycles. The van der Waals surface area contributed by atoms with Gasteiger partial charge >= 0.3 is 5.97 Å². The van der Waals surface area contributed by atoms with E-state index in [-0.39, 0.29) is 18.3 Å². The number of aromatic nitrogens is 1. The molecule has 1 aromatic heterocycles. The lowest BCUT2D eigenvalue weighted by Gasteiger charge is -2.28. The van der Waals surface area contributed by atoms with Gasteiger partial charge in [-0.1, -0.05) is 30.7 Å². The summed E-state index contributed by atoms with van der Waals surface area (Å²) in [7, 11) is 1.73. The van der Waals surface area contributed by atoms with Crippen molar-refractivity contribution in [1.82, 2.24) is 9.47 Å². The highest BCUT2D eigenvalue weighted by atomic mass is 35.5. The number of halogens is 1. The molecule has 30 heavy (non-hydrogen) atoms. The third-order valence-corrected chi connectivity index (χ3v) is 5.65. The maximum atomic E-state index is 13.5. The maximum Gasteiger partial charge on any atom is 0.355 e. The lowest BCUT2D eigenvalue weighted by Crippen LogP contribution is -2.44. The van der Waals surface area contributed by atoms with E-state index in [4.69, 9.17) is 16.3 Å². The highest BCUT2D eigenvalue weighted by Gasteiger charge is 2.33. The molecule has 0 N–H and O–H groups in total. The van der Waals surface area contributed by atoms with Crippen molar-refractivity contribution in [1.29, 1.82) is 0 Å². The minimum atomic E-state index is -0.719. The second kappa shape index (κ2) is 9.94. The van der Waals surface area contributed by atoms with E-state index in [9.17, 15) is 14.4 Å². The van der Waals surface area contributed by atoms with Gasteiger partial charge in [0.2, 0.25) is 0 Å². The van der Waals surface area contributed by atoms with Crippen molar-refractivity contribution in [3.05, 3.63) is 57.4 Å². The Morgan fingerprint density at radius 2 is 1.80 bits per heavy atom. The van der Waals surface area contributed by atoms with Crippen LogP contribution in [0.15, 0.2) is 24.3 Å². The number of ketones is 1. The van der Waals surface area contributed by atoms with Crippen LogP contribution in [0.2, 0.25) is 5.02 Å². The second-order valence-electron chi connectivity index (χ2n) is 7.23. The highest BCUT2D eigenvalue weighted by Crippen LogP contribution is 2.26. The number of amides is 1. The molecule has 0 bridgehead atoms. The zero-order valence-electron chi connectivity index (χ0n) is 18.4. The Labute approximate surface area is 182 Å². The summed E-state index contributed by atoms with van der Waals surface area (Å²) in [6.45, 7) is 9.57. The Hall–Kier alpha value is -2.60. The summed E-state index contributed by atoms with van der Waals surface area (Å²) in [6.07, 6.45) is 0.689. The molecule has 0 fully saturated rings. The van der Waals surface area contributed by atoms with Crippen molar-refractivity contribution < 1.29 is 19.1 Å². The predicted octanol–water partition coefficient (Wildman–Crippen LogP) is 4.60. The van der Waals surface area contributed by atoms with Crippen LogP contribution < -0.4 is 0 Å². The van der Waals surface area contributed by atoms with E-state index >= 15 is 0 Å². The van der Waals surface area contributed by atoms with Gasteiger partial charge in [0.25, 0.3) is 5.91 Å². The Bertz CT molecular complexity index is 964. The van der Waals surface area contributed by atoms with Crippen LogP contribution in [0.25, 0.3) is 0 Å². The van der Waals surface area contributed by atoms with Crippen molar-refractivity contribution in [2.45, 2.75) is 47.1 Å². The van der Waals surface area contributed by atoms with Gasteiger partial charge in [-0.2, -0.15) is 0 Å². The number of hydrogen-bond donors (Lipinski definition) is 0. The Morgan fingerprint density at radius 3 is 2.37 bits per heavy atom. The Morgan fingerprint density at radius 1 is 1.17 bits per heavy atom. The van der Waals surface area contributed by atoms with Gasteiger partial charge in [0.15, 0.2) is 5.78 Å². The topological polar surface area (TPSA) is 68.6 Å². The van der Waals surface area contributed by atoms with E-state index in [0.717, 1.165) is 0 Å². The summed E-state index contributed by atoms with van der Waals surface area (Å²) in [5.74, 6) is -0.977. The van der Waals surface area contributed by atoms with E-state index < -0.39 is 12.0 Å². The minimum Gasteiger partial charge on any atom is -0.461 e. The quantitative estimate of drug-likeness (QED) is 0.451. The van der Waals surface area contributed by atoms with Crippen molar-refractivity contribution >= 4 is 29.3 Å². The number of esters is 1. The first-order valence-corrected chi connectivity index (χ1v) is 10.5. The monoisotopic (exact) mass is 432 g/mol. The zero-order chi connectivity index (χ0) is 22.6. The molecule has 1 amide bonds. The van der Waals surface area contributed by atoms with Crippen molar-refractivity contribution in [2.75, 3.05) is 13.2 Å². The first kappa shape index (κ1) is 23.7. The van der Waals surface area contributed by atoms with Crippen LogP contribution in [0.4, 0.5) is 0 Å². The summed E-state index contributed by atoms with van der Waals surface area (Å²) < 4.78 is 6.82. The normalized spacial score (nSPS) is 11.8. The second-order valence-corrected chi connectivity index (χ2v) is 7.64. The smallest absolute Gasteiger partial charge is 0.355 e. The number of rotatable bonds is 8. The number of hydrogen-bond acceptors (Lipinski definition) is 4. The van der Waals surface area contributed by atoms with Gasteiger partial charge in [-0.25, -0.2) is 4.79 Å². The molecule has 0 aliphatic carbocycles. The number of carbonyl (C=O) groups excluding carboxylic acids is 3. The lowest BCUT2D eigenvalue weighted by atomic mass is 9.99. The van der Waals surface area contributed by atoms with Crippen LogP contribution in [0.3, 0.4) is 0 Å². The SMILES string of the molecule is CCCN(C(=O)c1ccccc1Cl)C(C)C(=O)c1c(C)c(C(=O)OCC)n(C)c1C. The lowest BCUT2D eigenvalue weighted by molar-refractivity contribution is 0.0513. The van der Waals surface area contributed by atoms with Crippen LogP contribution in [0.5, 0.6) is 0 Å². The number of Topliss-reactive ketones (excluding diaryl/α,β-unsaturated/α-hetero) is 1. The third-order valence-electron chi connectivity index (χ3n) is 5.32. The van der Waals surface area contributed by atoms with Crippen molar-refractivity contribution in [3.63, 3.8) is 0 Å². The molecule has 162 valence electrons. The molecule has 6 nitrogen and oxygen atoms in total. The molecule has 1 aromatic carbocycles. The van der Waals surface area contributed by atoms with Crippen LogP contribution >= 0.6 is 11.6 Å². The van der Waals surface area contributed by atoms with E-state index in [1.165, 1.54) is 0 Å². The van der Waals surface area contributed by atoms with Crippen molar-refractivity contribution in [2.24, 2.45) is 7.05 Å². The number of ether oxygens (including phenoxy) is 1. The summed E-state index contributed by atoms with van der Waals surface area (Å²) in [5, 5.41) is 0.347. The fraction of sp³-hybridized carbons (Fsp3) is 0.435. The van der Waals surface area contributed by atoms with Gasteiger partial charge in [0.05, 0.1) is 23.2 Å². The van der Waals surface area contributed by atoms with E-state index in [1.807, 2.05) is 6.92 Å². The van der Waals surface area contributed by atoms with Crippen LogP contribution in [0, 0.1) is 13.8 Å². The highest BCUT2D eigenvalue weighted by molar-refractivity contribution is 6.33. The van der Waals surface area contributed by atoms with Crippen LogP contribution in [-0.4, -0.2) is 46.3 Å². The minimum absolute atomic E-state index is 0.218. The van der Waals surface area contributed by atoms with E-state index in [0.29, 0.717) is 46.1 Å². The summed E-state index contributed by atoms with van der Waals surface area (Å²) in [4.78, 5) is 40.6. The van der Waals surface area contributed by atoms with Gasteiger partial charge in [0.1, 0.15) is 5.69 Å². The van der Waals surface area contributed by atoms with E-state index in [2.05, 4.69) is 0 Å². The Balaban J connectivity index is 2.46. The number of carbonyl (C=O) groups is 3. The number of nitrogens with zero attached hydrogens (tertiary/aromatic N) is 2. The molecule has 0 spiro atoms. The van der Waals surface area contributed by atoms with Gasteiger partial charge < -0.3 is 14.2 Å². The fourth-order valence-corrected chi connectivity index (χ4v) is 3.90. The summed E-state index contributed by atoms with van der Waals surface area (Å²) in [6, 6.07) is 6.09. The van der Waals surface area contributed by atoms with Crippen LogP contribution in [-0.2, 0) is 11.8 Å². The average Bonchev–Trinajstić information content (AvgIpc) is 2.93. The maximum absolute atomic E-state index is 13.5. The third kappa shape index (κ3) is 4.43. The molecule has 1 atom stereocenters. The predicted molar refractivity (Wildman–Crippen MR) is 117 cm³/mol. The zero-order valence-corrected chi connectivity index (χ0v) is 19.2. The summed E-state index contributed by atoms with van der Waals surface area (Å²) in [5.41, 5.74) is 2.38. The van der Waals surface area contributed by atoms with E-state index in [1.54, 1.807) is 68.5 Å². The molecule has 0 aliphatic rings. The molecule has 7 heteroatoms. The largest absolute Gasteiger partial charge is 0.461 e. The molecule has 1 heterocycles. The van der Waals surface area contributed by atoms with Gasteiger partial charge in [0, 0.05) is 24.8 Å².